The maximum absolute atomic E-state index is 11.5. The van der Waals surface area contributed by atoms with E-state index >= 15 is 0 Å². The lowest BCUT2D eigenvalue weighted by atomic mass is 9.98. The molecule has 3 fully saturated rings. The minimum Gasteiger partial charge on any atom is -0.366 e. The maximum atomic E-state index is 11.5. The predicted molar refractivity (Wildman–Crippen MR) is 97.2 cm³/mol. The Morgan fingerprint density at radius 2 is 1.96 bits per heavy atom. The van der Waals surface area contributed by atoms with Crippen molar-refractivity contribution in [1.82, 2.24) is 19.8 Å². The lowest BCUT2D eigenvalue weighted by molar-refractivity contribution is -0.130. The molecular weight excluding hydrogens is 314 g/mol. The van der Waals surface area contributed by atoms with Gasteiger partial charge in [-0.05, 0) is 50.5 Å². The SMILES string of the molecule is CC(=O)N1CCC(N2C[C@@H](Nc3ccnc(C)n3)[C@H](C3CC3)C2)CC1. The van der Waals surface area contributed by atoms with Gasteiger partial charge in [-0.25, -0.2) is 9.97 Å². The standard InChI is InChI=1S/C19H29N5O/c1-13-20-8-5-19(21-13)22-18-12-24(11-17(18)15-3-4-15)16-6-9-23(10-7-16)14(2)25/h5,8,15-18H,3-4,6-7,9-12H2,1-2H3,(H,20,21,22)/t17-,18+/m0/s1. The smallest absolute Gasteiger partial charge is 0.219 e. The third kappa shape index (κ3) is 3.78. The minimum atomic E-state index is 0.217. The molecule has 2 saturated heterocycles. The Kier molecular flexibility index (Phi) is 4.63. The second kappa shape index (κ2) is 6.90. The van der Waals surface area contributed by atoms with Gasteiger partial charge in [-0.1, -0.05) is 0 Å². The van der Waals surface area contributed by atoms with E-state index in [2.05, 4.69) is 20.2 Å². The van der Waals surface area contributed by atoms with Crippen molar-refractivity contribution in [2.75, 3.05) is 31.5 Å². The van der Waals surface area contributed by atoms with E-state index < -0.39 is 0 Å². The highest BCUT2D eigenvalue weighted by Crippen LogP contribution is 2.43. The minimum absolute atomic E-state index is 0.217. The second-order valence-electron chi connectivity index (χ2n) is 7.93. The first-order valence-corrected chi connectivity index (χ1v) is 9.66. The third-order valence-corrected chi connectivity index (χ3v) is 6.16. The highest BCUT2D eigenvalue weighted by Gasteiger charge is 2.44. The Balaban J connectivity index is 1.40. The molecule has 3 aliphatic rings. The topological polar surface area (TPSA) is 61.4 Å². The number of hydrogen-bond acceptors (Lipinski definition) is 5. The number of aryl methyl sites for hydroxylation is 1. The molecule has 1 aliphatic carbocycles. The summed E-state index contributed by atoms with van der Waals surface area (Å²) in [5.41, 5.74) is 0. The van der Waals surface area contributed by atoms with Crippen LogP contribution in [-0.4, -0.2) is 63.9 Å². The Labute approximate surface area is 150 Å². The summed E-state index contributed by atoms with van der Waals surface area (Å²) < 4.78 is 0. The number of carbonyl (C=O) groups is 1. The van der Waals surface area contributed by atoms with E-state index in [9.17, 15) is 4.79 Å². The molecule has 1 amide bonds. The average Bonchev–Trinajstić information content (AvgIpc) is 3.36. The van der Waals surface area contributed by atoms with E-state index in [0.29, 0.717) is 12.1 Å². The van der Waals surface area contributed by atoms with E-state index in [4.69, 9.17) is 0 Å². The zero-order valence-corrected chi connectivity index (χ0v) is 15.3. The third-order valence-electron chi connectivity index (χ3n) is 6.16. The number of amides is 1. The van der Waals surface area contributed by atoms with Gasteiger partial charge in [0.1, 0.15) is 11.6 Å². The predicted octanol–water partition coefficient (Wildman–Crippen LogP) is 1.92. The Hall–Kier alpha value is -1.69. The molecule has 2 aliphatic heterocycles. The summed E-state index contributed by atoms with van der Waals surface area (Å²) in [5, 5.41) is 3.69. The summed E-state index contributed by atoms with van der Waals surface area (Å²) in [6, 6.07) is 3.08. The lowest BCUT2D eigenvalue weighted by Crippen LogP contribution is -2.46. The molecule has 1 aromatic rings. The van der Waals surface area contributed by atoms with Crippen LogP contribution in [0.25, 0.3) is 0 Å². The van der Waals surface area contributed by atoms with Crippen LogP contribution >= 0.6 is 0 Å². The molecule has 25 heavy (non-hydrogen) atoms. The second-order valence-corrected chi connectivity index (χ2v) is 7.93. The number of nitrogens with one attached hydrogen (secondary N) is 1. The number of aromatic nitrogens is 2. The van der Waals surface area contributed by atoms with Crippen LogP contribution in [-0.2, 0) is 4.79 Å². The number of hydrogen-bond donors (Lipinski definition) is 1. The summed E-state index contributed by atoms with van der Waals surface area (Å²) in [7, 11) is 0. The normalized spacial score (nSPS) is 28.3. The van der Waals surface area contributed by atoms with E-state index in [-0.39, 0.29) is 5.91 Å². The number of likely N-dealkylation sites (tertiary alicyclic amines) is 2. The first-order valence-electron chi connectivity index (χ1n) is 9.66. The van der Waals surface area contributed by atoms with Gasteiger partial charge in [0.05, 0.1) is 0 Å². The molecule has 2 atom stereocenters. The Morgan fingerprint density at radius 3 is 2.60 bits per heavy atom. The van der Waals surface area contributed by atoms with Gasteiger partial charge >= 0.3 is 0 Å². The van der Waals surface area contributed by atoms with Crippen LogP contribution in [0.3, 0.4) is 0 Å². The molecule has 1 N–H and O–H groups in total. The Morgan fingerprint density at radius 1 is 1.20 bits per heavy atom. The molecule has 0 spiro atoms. The van der Waals surface area contributed by atoms with Gasteiger partial charge in [0.25, 0.3) is 0 Å². The van der Waals surface area contributed by atoms with Crippen LogP contribution in [0, 0.1) is 18.8 Å². The fourth-order valence-corrected chi connectivity index (χ4v) is 4.59. The maximum Gasteiger partial charge on any atom is 0.219 e. The van der Waals surface area contributed by atoms with Crippen LogP contribution < -0.4 is 5.32 Å². The first-order chi connectivity index (χ1) is 12.1. The van der Waals surface area contributed by atoms with E-state index in [1.165, 1.54) is 19.4 Å². The highest BCUT2D eigenvalue weighted by atomic mass is 16.2. The van der Waals surface area contributed by atoms with E-state index in [0.717, 1.165) is 56.0 Å². The molecule has 6 nitrogen and oxygen atoms in total. The number of carbonyl (C=O) groups excluding carboxylic acids is 1. The van der Waals surface area contributed by atoms with Crippen LogP contribution in [0.2, 0.25) is 0 Å². The van der Waals surface area contributed by atoms with Crippen molar-refractivity contribution in [2.45, 2.75) is 51.6 Å². The quantitative estimate of drug-likeness (QED) is 0.905. The van der Waals surface area contributed by atoms with Crippen LogP contribution in [0.1, 0.15) is 38.4 Å². The number of anilines is 1. The molecule has 1 aromatic heterocycles. The molecule has 1 saturated carbocycles. The van der Waals surface area contributed by atoms with Crippen molar-refractivity contribution in [2.24, 2.45) is 11.8 Å². The molecule has 0 unspecified atom stereocenters. The zero-order chi connectivity index (χ0) is 17.4. The van der Waals surface area contributed by atoms with Crippen LogP contribution in [0.15, 0.2) is 12.3 Å². The van der Waals surface area contributed by atoms with Gasteiger partial charge < -0.3 is 10.2 Å². The highest BCUT2D eigenvalue weighted by molar-refractivity contribution is 5.73. The first kappa shape index (κ1) is 16.8. The van der Waals surface area contributed by atoms with Crippen molar-refractivity contribution < 1.29 is 4.79 Å². The van der Waals surface area contributed by atoms with Gasteiger partial charge in [-0.2, -0.15) is 0 Å². The monoisotopic (exact) mass is 343 g/mol. The van der Waals surface area contributed by atoms with E-state index in [1.54, 1.807) is 6.92 Å². The fraction of sp³-hybridized carbons (Fsp3) is 0.737. The molecule has 3 heterocycles. The molecule has 4 rings (SSSR count). The average molecular weight is 343 g/mol. The molecule has 0 radical (unpaired) electrons. The van der Waals surface area contributed by atoms with Gasteiger partial charge in [0, 0.05) is 51.4 Å². The number of nitrogens with zero attached hydrogens (tertiary/aromatic N) is 4. The van der Waals surface area contributed by atoms with Crippen molar-refractivity contribution in [3.8, 4) is 0 Å². The zero-order valence-electron chi connectivity index (χ0n) is 15.3. The van der Waals surface area contributed by atoms with Gasteiger partial charge in [-0.3, -0.25) is 9.69 Å². The van der Waals surface area contributed by atoms with Crippen LogP contribution in [0.5, 0.6) is 0 Å². The summed E-state index contributed by atoms with van der Waals surface area (Å²) in [4.78, 5) is 24.9. The fourth-order valence-electron chi connectivity index (χ4n) is 4.59. The van der Waals surface area contributed by atoms with Gasteiger partial charge in [0.2, 0.25) is 5.91 Å². The molecular formula is C19H29N5O. The van der Waals surface area contributed by atoms with Crippen molar-refractivity contribution in [3.63, 3.8) is 0 Å². The molecule has 0 bridgehead atoms. The summed E-state index contributed by atoms with van der Waals surface area (Å²) in [6.45, 7) is 7.73. The van der Waals surface area contributed by atoms with Crippen molar-refractivity contribution in [3.05, 3.63) is 18.1 Å². The number of piperidine rings is 1. The summed E-state index contributed by atoms with van der Waals surface area (Å²) >= 11 is 0. The molecule has 6 heteroatoms. The summed E-state index contributed by atoms with van der Waals surface area (Å²) in [5.74, 6) is 3.59. The van der Waals surface area contributed by atoms with Crippen LogP contribution in [0.4, 0.5) is 5.82 Å². The lowest BCUT2D eigenvalue weighted by Gasteiger charge is -2.36. The van der Waals surface area contributed by atoms with Crippen molar-refractivity contribution >= 4 is 11.7 Å². The Bertz CT molecular complexity index is 624. The van der Waals surface area contributed by atoms with Crippen molar-refractivity contribution in [1.29, 1.82) is 0 Å². The van der Waals surface area contributed by atoms with E-state index in [1.807, 2.05) is 24.1 Å². The molecule has 136 valence electrons. The summed E-state index contributed by atoms with van der Waals surface area (Å²) in [6.07, 6.45) is 6.80. The molecule has 0 aromatic carbocycles. The number of rotatable bonds is 4. The van der Waals surface area contributed by atoms with Gasteiger partial charge in [-0.15, -0.1) is 0 Å². The van der Waals surface area contributed by atoms with Gasteiger partial charge in [0.15, 0.2) is 0 Å². The largest absolute Gasteiger partial charge is 0.366 e.